The van der Waals surface area contributed by atoms with E-state index in [2.05, 4.69) is 10.6 Å². The topological polar surface area (TPSA) is 64.7 Å². The fraction of sp³-hybridized carbons (Fsp3) is 0.500. The smallest absolute Gasteiger partial charge is 0.236 e. The van der Waals surface area contributed by atoms with Gasteiger partial charge in [0, 0.05) is 45.3 Å². The normalized spacial score (nSPS) is 14.3. The van der Waals surface area contributed by atoms with Gasteiger partial charge in [-0.3, -0.25) is 14.5 Å². The maximum atomic E-state index is 12.2. The minimum absolute atomic E-state index is 0. The Morgan fingerprint density at radius 1 is 1.22 bits per heavy atom. The first kappa shape index (κ1) is 19.4. The van der Waals surface area contributed by atoms with Crippen LogP contribution in [0.4, 0.5) is 5.69 Å². The average Bonchev–Trinajstić information content (AvgIpc) is 2.49. The molecule has 1 aliphatic rings. The van der Waals surface area contributed by atoms with Crippen molar-refractivity contribution in [2.24, 2.45) is 0 Å². The minimum Gasteiger partial charge on any atom is -0.339 e. The number of halogens is 1. The molecular formula is C16H25ClN4O2. The molecule has 0 saturated carbocycles. The van der Waals surface area contributed by atoms with Crippen LogP contribution >= 0.6 is 12.4 Å². The Bertz CT molecular complexity index is 515. The number of nitrogens with one attached hydrogen (secondary N) is 2. The van der Waals surface area contributed by atoms with Crippen LogP contribution in [0.15, 0.2) is 24.3 Å². The third kappa shape index (κ3) is 6.56. The molecule has 2 amide bonds. The van der Waals surface area contributed by atoms with Gasteiger partial charge >= 0.3 is 0 Å². The van der Waals surface area contributed by atoms with Gasteiger partial charge < -0.3 is 15.5 Å². The molecule has 2 rings (SSSR count). The molecule has 1 heterocycles. The van der Waals surface area contributed by atoms with Crippen LogP contribution in [-0.2, 0) is 16.1 Å². The van der Waals surface area contributed by atoms with Gasteiger partial charge in [-0.25, -0.2) is 0 Å². The average molecular weight is 341 g/mol. The van der Waals surface area contributed by atoms with E-state index in [0.717, 1.165) is 37.4 Å². The Balaban J connectivity index is 0.00000264. The van der Waals surface area contributed by atoms with E-state index < -0.39 is 0 Å². The number of nitrogens with zero attached hydrogens (tertiary/aromatic N) is 2. The van der Waals surface area contributed by atoms with Gasteiger partial charge in [-0.1, -0.05) is 12.1 Å². The summed E-state index contributed by atoms with van der Waals surface area (Å²) in [4.78, 5) is 27.1. The van der Waals surface area contributed by atoms with Crippen LogP contribution in [0.3, 0.4) is 0 Å². The van der Waals surface area contributed by atoms with Gasteiger partial charge in [-0.15, -0.1) is 12.4 Å². The number of hydrogen-bond acceptors (Lipinski definition) is 4. The number of carbonyl (C=O) groups excluding carboxylic acids is 2. The molecular weight excluding hydrogens is 316 g/mol. The highest BCUT2D eigenvalue weighted by atomic mass is 35.5. The summed E-state index contributed by atoms with van der Waals surface area (Å²) in [6, 6.07) is 7.69. The highest BCUT2D eigenvalue weighted by Crippen LogP contribution is 2.11. The second kappa shape index (κ2) is 9.50. The number of likely N-dealkylation sites (N-methyl/N-ethyl adjacent to an activating group) is 1. The first-order valence-corrected chi connectivity index (χ1v) is 7.58. The molecule has 1 aliphatic heterocycles. The highest BCUT2D eigenvalue weighted by Gasteiger charge is 2.17. The van der Waals surface area contributed by atoms with Crippen LogP contribution < -0.4 is 10.6 Å². The first-order valence-electron chi connectivity index (χ1n) is 7.58. The summed E-state index contributed by atoms with van der Waals surface area (Å²) in [6.07, 6.45) is 0. The predicted molar refractivity (Wildman–Crippen MR) is 93.8 cm³/mol. The Morgan fingerprint density at radius 3 is 2.39 bits per heavy atom. The summed E-state index contributed by atoms with van der Waals surface area (Å²) in [5.41, 5.74) is 1.90. The van der Waals surface area contributed by atoms with Crippen molar-refractivity contribution in [3.05, 3.63) is 29.8 Å². The SMILES string of the molecule is CC(=O)Nc1ccc(CN(C)CC(=O)N2CCNCC2)cc1.Cl. The zero-order valence-electron chi connectivity index (χ0n) is 13.7. The molecule has 1 aromatic rings. The maximum Gasteiger partial charge on any atom is 0.236 e. The number of amides is 2. The van der Waals surface area contributed by atoms with E-state index in [1.54, 1.807) is 0 Å². The molecule has 1 fully saturated rings. The number of hydrogen-bond donors (Lipinski definition) is 2. The maximum absolute atomic E-state index is 12.2. The van der Waals surface area contributed by atoms with Crippen molar-refractivity contribution >= 4 is 29.9 Å². The molecule has 23 heavy (non-hydrogen) atoms. The molecule has 0 bridgehead atoms. The Hall–Kier alpha value is -1.63. The summed E-state index contributed by atoms with van der Waals surface area (Å²) in [5, 5.41) is 5.99. The Morgan fingerprint density at radius 2 is 1.83 bits per heavy atom. The monoisotopic (exact) mass is 340 g/mol. The molecule has 6 nitrogen and oxygen atoms in total. The molecule has 1 aromatic carbocycles. The van der Waals surface area contributed by atoms with Crippen LogP contribution in [0.5, 0.6) is 0 Å². The van der Waals surface area contributed by atoms with E-state index in [9.17, 15) is 9.59 Å². The molecule has 128 valence electrons. The molecule has 0 radical (unpaired) electrons. The van der Waals surface area contributed by atoms with Gasteiger partial charge in [0.25, 0.3) is 0 Å². The summed E-state index contributed by atoms with van der Waals surface area (Å²) >= 11 is 0. The molecule has 0 spiro atoms. The fourth-order valence-corrected chi connectivity index (χ4v) is 2.51. The number of rotatable bonds is 5. The van der Waals surface area contributed by atoms with Crippen molar-refractivity contribution in [3.8, 4) is 0 Å². The van der Waals surface area contributed by atoms with Crippen molar-refractivity contribution in [2.75, 3.05) is 45.1 Å². The van der Waals surface area contributed by atoms with E-state index in [1.165, 1.54) is 6.92 Å². The van der Waals surface area contributed by atoms with Crippen molar-refractivity contribution in [2.45, 2.75) is 13.5 Å². The van der Waals surface area contributed by atoms with E-state index in [4.69, 9.17) is 0 Å². The highest BCUT2D eigenvalue weighted by molar-refractivity contribution is 5.88. The van der Waals surface area contributed by atoms with Crippen LogP contribution in [0.2, 0.25) is 0 Å². The Kier molecular flexibility index (Phi) is 8.02. The Labute approximate surface area is 143 Å². The van der Waals surface area contributed by atoms with Gasteiger partial charge in [-0.2, -0.15) is 0 Å². The quantitative estimate of drug-likeness (QED) is 0.837. The molecule has 2 N–H and O–H groups in total. The lowest BCUT2D eigenvalue weighted by molar-refractivity contribution is -0.132. The zero-order chi connectivity index (χ0) is 15.9. The van der Waals surface area contributed by atoms with Gasteiger partial charge in [0.05, 0.1) is 6.54 Å². The van der Waals surface area contributed by atoms with Gasteiger partial charge in [-0.05, 0) is 24.7 Å². The standard InChI is InChI=1S/C16H24N4O2.ClH/c1-13(21)18-15-5-3-14(4-6-15)11-19(2)12-16(22)20-9-7-17-8-10-20;/h3-6,17H,7-12H2,1-2H3,(H,18,21);1H. The van der Waals surface area contributed by atoms with Crippen molar-refractivity contribution in [1.29, 1.82) is 0 Å². The fourth-order valence-electron chi connectivity index (χ4n) is 2.51. The van der Waals surface area contributed by atoms with Crippen molar-refractivity contribution in [1.82, 2.24) is 15.1 Å². The van der Waals surface area contributed by atoms with Gasteiger partial charge in [0.1, 0.15) is 0 Å². The van der Waals surface area contributed by atoms with E-state index >= 15 is 0 Å². The summed E-state index contributed by atoms with van der Waals surface area (Å²) in [6.45, 7) is 5.95. The summed E-state index contributed by atoms with van der Waals surface area (Å²) < 4.78 is 0. The predicted octanol–water partition coefficient (Wildman–Crippen LogP) is 0.930. The third-order valence-electron chi connectivity index (χ3n) is 3.60. The largest absolute Gasteiger partial charge is 0.339 e. The van der Waals surface area contributed by atoms with Gasteiger partial charge in [0.2, 0.25) is 11.8 Å². The third-order valence-corrected chi connectivity index (χ3v) is 3.60. The molecule has 0 atom stereocenters. The summed E-state index contributed by atoms with van der Waals surface area (Å²) in [7, 11) is 1.95. The molecule has 0 aromatic heterocycles. The van der Waals surface area contributed by atoms with Crippen molar-refractivity contribution in [3.63, 3.8) is 0 Å². The molecule has 0 unspecified atom stereocenters. The van der Waals surface area contributed by atoms with E-state index in [0.29, 0.717) is 13.1 Å². The lowest BCUT2D eigenvalue weighted by Gasteiger charge is -2.29. The number of piperazine rings is 1. The molecule has 0 aliphatic carbocycles. The molecule has 7 heteroatoms. The van der Waals surface area contributed by atoms with Gasteiger partial charge in [0.15, 0.2) is 0 Å². The van der Waals surface area contributed by atoms with E-state index in [-0.39, 0.29) is 24.2 Å². The molecule has 1 saturated heterocycles. The number of benzene rings is 1. The van der Waals surface area contributed by atoms with Crippen LogP contribution in [0, 0.1) is 0 Å². The van der Waals surface area contributed by atoms with E-state index in [1.807, 2.05) is 41.1 Å². The van der Waals surface area contributed by atoms with Crippen molar-refractivity contribution < 1.29 is 9.59 Å². The second-order valence-electron chi connectivity index (χ2n) is 5.68. The number of anilines is 1. The lowest BCUT2D eigenvalue weighted by Crippen LogP contribution is -2.49. The lowest BCUT2D eigenvalue weighted by atomic mass is 10.2. The summed E-state index contributed by atoms with van der Waals surface area (Å²) in [5.74, 6) is 0.102. The first-order chi connectivity index (χ1) is 10.5. The van der Waals surface area contributed by atoms with Crippen LogP contribution in [-0.4, -0.2) is 61.4 Å². The van der Waals surface area contributed by atoms with Crippen LogP contribution in [0.1, 0.15) is 12.5 Å². The second-order valence-corrected chi connectivity index (χ2v) is 5.68. The minimum atomic E-state index is -0.0773. The zero-order valence-corrected chi connectivity index (χ0v) is 14.5. The number of carbonyl (C=O) groups is 2. The van der Waals surface area contributed by atoms with Crippen LogP contribution in [0.25, 0.3) is 0 Å².